The zero-order valence-electron chi connectivity index (χ0n) is 13.4. The van der Waals surface area contributed by atoms with Crippen molar-refractivity contribution in [2.24, 2.45) is 5.73 Å². The van der Waals surface area contributed by atoms with Gasteiger partial charge >= 0.3 is 12.4 Å². The van der Waals surface area contributed by atoms with Gasteiger partial charge in [0, 0.05) is 12.1 Å². The summed E-state index contributed by atoms with van der Waals surface area (Å²) in [6.07, 6.45) is -8.16. The van der Waals surface area contributed by atoms with Crippen LogP contribution in [0.4, 0.5) is 26.3 Å². The van der Waals surface area contributed by atoms with Gasteiger partial charge in [0.05, 0.1) is 11.1 Å². The maximum atomic E-state index is 13.0. The molecule has 8 heteroatoms. The van der Waals surface area contributed by atoms with Crippen LogP contribution in [0.2, 0.25) is 0 Å². The lowest BCUT2D eigenvalue weighted by atomic mass is 9.78. The van der Waals surface area contributed by atoms with E-state index in [9.17, 15) is 26.3 Å². The van der Waals surface area contributed by atoms with Crippen molar-refractivity contribution >= 4 is 0 Å². The summed E-state index contributed by atoms with van der Waals surface area (Å²) in [4.78, 5) is 1.87. The lowest BCUT2D eigenvalue weighted by Crippen LogP contribution is -2.47. The van der Waals surface area contributed by atoms with E-state index >= 15 is 0 Å². The highest BCUT2D eigenvalue weighted by atomic mass is 19.4. The SMILES string of the molecule is CN(C)[C@H]1C[C@@H](c2cc(C(F)(F)F)cc(C(F)(F)F)c2)CC[C@@H]1N. The van der Waals surface area contributed by atoms with Gasteiger partial charge in [-0.25, -0.2) is 0 Å². The maximum Gasteiger partial charge on any atom is 0.416 e. The summed E-state index contributed by atoms with van der Waals surface area (Å²) in [5.74, 6) is -0.374. The molecule has 0 heterocycles. The molecule has 0 spiro atoms. The first-order chi connectivity index (χ1) is 10.9. The molecule has 2 nitrogen and oxygen atoms in total. The number of rotatable bonds is 2. The molecule has 1 fully saturated rings. The monoisotopic (exact) mass is 354 g/mol. The van der Waals surface area contributed by atoms with E-state index < -0.39 is 23.5 Å². The fourth-order valence-corrected chi connectivity index (χ4v) is 3.28. The van der Waals surface area contributed by atoms with Crippen molar-refractivity contribution in [3.05, 3.63) is 34.9 Å². The molecule has 1 aliphatic carbocycles. The van der Waals surface area contributed by atoms with Gasteiger partial charge in [0.15, 0.2) is 0 Å². The highest BCUT2D eigenvalue weighted by molar-refractivity contribution is 5.36. The van der Waals surface area contributed by atoms with Gasteiger partial charge in [-0.2, -0.15) is 26.3 Å². The Kier molecular flexibility index (Phi) is 5.20. The molecule has 1 aromatic carbocycles. The second-order valence-corrected chi connectivity index (χ2v) is 6.54. The summed E-state index contributed by atoms with van der Waals surface area (Å²) in [7, 11) is 3.61. The summed E-state index contributed by atoms with van der Waals surface area (Å²) in [5.41, 5.74) is 3.58. The highest BCUT2D eigenvalue weighted by Gasteiger charge is 2.38. The first-order valence-electron chi connectivity index (χ1n) is 7.61. The van der Waals surface area contributed by atoms with E-state index in [2.05, 4.69) is 0 Å². The van der Waals surface area contributed by atoms with Crippen LogP contribution in [0, 0.1) is 0 Å². The van der Waals surface area contributed by atoms with Crippen molar-refractivity contribution < 1.29 is 26.3 Å². The molecule has 1 aromatic rings. The second kappa shape index (κ2) is 6.55. The number of benzene rings is 1. The molecule has 0 amide bonds. The first-order valence-corrected chi connectivity index (χ1v) is 7.61. The van der Waals surface area contributed by atoms with E-state index in [4.69, 9.17) is 5.73 Å². The van der Waals surface area contributed by atoms with Crippen LogP contribution >= 0.6 is 0 Å². The summed E-state index contributed by atoms with van der Waals surface area (Å²) < 4.78 is 77.8. The molecule has 3 atom stereocenters. The van der Waals surface area contributed by atoms with E-state index in [1.165, 1.54) is 0 Å². The molecule has 0 saturated heterocycles. The minimum Gasteiger partial charge on any atom is -0.326 e. The van der Waals surface area contributed by atoms with Crippen molar-refractivity contribution in [2.75, 3.05) is 14.1 Å². The molecule has 2 N–H and O–H groups in total. The smallest absolute Gasteiger partial charge is 0.326 e. The summed E-state index contributed by atoms with van der Waals surface area (Å²) in [6.45, 7) is 0. The lowest BCUT2D eigenvalue weighted by Gasteiger charge is -2.38. The third-order valence-electron chi connectivity index (χ3n) is 4.61. The Hall–Kier alpha value is -1.28. The van der Waals surface area contributed by atoms with Crippen LogP contribution in [0.1, 0.15) is 41.9 Å². The van der Waals surface area contributed by atoms with Crippen LogP contribution in [0.3, 0.4) is 0 Å². The molecular weight excluding hydrogens is 334 g/mol. The van der Waals surface area contributed by atoms with Crippen molar-refractivity contribution in [2.45, 2.75) is 49.6 Å². The number of hydrogen-bond donors (Lipinski definition) is 1. The Labute approximate surface area is 136 Å². The quantitative estimate of drug-likeness (QED) is 0.805. The largest absolute Gasteiger partial charge is 0.416 e. The third-order valence-corrected chi connectivity index (χ3v) is 4.61. The number of nitrogens with zero attached hydrogens (tertiary/aromatic N) is 1. The topological polar surface area (TPSA) is 29.3 Å². The Morgan fingerprint density at radius 3 is 1.83 bits per heavy atom. The van der Waals surface area contributed by atoms with Crippen LogP contribution in [0.5, 0.6) is 0 Å². The van der Waals surface area contributed by atoms with Gasteiger partial charge in [-0.3, -0.25) is 0 Å². The van der Waals surface area contributed by atoms with Crippen LogP contribution in [-0.2, 0) is 12.4 Å². The van der Waals surface area contributed by atoms with E-state index in [0.717, 1.165) is 12.1 Å². The Morgan fingerprint density at radius 2 is 1.42 bits per heavy atom. The van der Waals surface area contributed by atoms with Crippen molar-refractivity contribution in [1.82, 2.24) is 4.90 Å². The standard InChI is InChI=1S/C16H20F6N2/c1-24(2)14-7-9(3-4-13(14)23)10-5-11(15(17,18)19)8-12(6-10)16(20,21)22/h5-6,8-9,13-14H,3-4,7,23H2,1-2H3/t9-,13-,14-/m0/s1. The summed E-state index contributed by atoms with van der Waals surface area (Å²) >= 11 is 0. The summed E-state index contributed by atoms with van der Waals surface area (Å²) in [6, 6.07) is 1.63. The molecule has 2 rings (SSSR count). The Bertz CT molecular complexity index is 547. The van der Waals surface area contributed by atoms with E-state index in [1.54, 1.807) is 14.1 Å². The normalized spacial score (nSPS) is 26.0. The van der Waals surface area contributed by atoms with Crippen molar-refractivity contribution in [3.63, 3.8) is 0 Å². The minimum absolute atomic E-state index is 0.0763. The minimum atomic E-state index is -4.82. The number of halogens is 6. The van der Waals surface area contributed by atoms with Gasteiger partial charge in [0.25, 0.3) is 0 Å². The zero-order chi connectivity index (χ0) is 18.3. The molecule has 136 valence electrons. The number of hydrogen-bond acceptors (Lipinski definition) is 2. The first kappa shape index (κ1) is 19.1. The fourth-order valence-electron chi connectivity index (χ4n) is 3.28. The van der Waals surface area contributed by atoms with Crippen molar-refractivity contribution in [3.8, 4) is 0 Å². The molecule has 0 bridgehead atoms. The second-order valence-electron chi connectivity index (χ2n) is 6.54. The molecule has 1 saturated carbocycles. The number of nitrogens with two attached hydrogens (primary N) is 1. The van der Waals surface area contributed by atoms with Crippen LogP contribution in [0.25, 0.3) is 0 Å². The fraction of sp³-hybridized carbons (Fsp3) is 0.625. The van der Waals surface area contributed by atoms with Crippen LogP contribution < -0.4 is 5.73 Å². The van der Waals surface area contributed by atoms with Gasteiger partial charge in [-0.05, 0) is 63.0 Å². The van der Waals surface area contributed by atoms with Crippen LogP contribution in [-0.4, -0.2) is 31.1 Å². The van der Waals surface area contributed by atoms with Gasteiger partial charge in [-0.1, -0.05) is 0 Å². The molecule has 1 aliphatic rings. The van der Waals surface area contributed by atoms with Gasteiger partial charge < -0.3 is 10.6 Å². The van der Waals surface area contributed by atoms with Crippen LogP contribution in [0.15, 0.2) is 18.2 Å². The maximum absolute atomic E-state index is 13.0. The molecule has 0 aliphatic heterocycles. The summed E-state index contributed by atoms with van der Waals surface area (Å²) in [5, 5.41) is 0. The zero-order valence-corrected chi connectivity index (χ0v) is 13.4. The molecule has 0 radical (unpaired) electrons. The van der Waals surface area contributed by atoms with E-state index in [0.29, 0.717) is 19.3 Å². The van der Waals surface area contributed by atoms with Gasteiger partial charge in [-0.15, -0.1) is 0 Å². The average molecular weight is 354 g/mol. The number of likely N-dealkylation sites (N-methyl/N-ethyl adjacent to an activating group) is 1. The molecule has 0 unspecified atom stereocenters. The van der Waals surface area contributed by atoms with E-state index in [-0.39, 0.29) is 29.6 Å². The predicted octanol–water partition coefficient (Wildman–Crippen LogP) is 4.25. The predicted molar refractivity (Wildman–Crippen MR) is 78.5 cm³/mol. The average Bonchev–Trinajstić information content (AvgIpc) is 2.45. The van der Waals surface area contributed by atoms with Gasteiger partial charge in [0.1, 0.15) is 0 Å². The third kappa shape index (κ3) is 4.22. The lowest BCUT2D eigenvalue weighted by molar-refractivity contribution is -0.143. The van der Waals surface area contributed by atoms with Gasteiger partial charge in [0.2, 0.25) is 0 Å². The molecular formula is C16H20F6N2. The highest BCUT2D eigenvalue weighted by Crippen LogP contribution is 2.41. The Morgan fingerprint density at radius 1 is 0.917 bits per heavy atom. The molecule has 0 aromatic heterocycles. The Balaban J connectivity index is 2.42. The number of alkyl halides is 6. The molecule has 24 heavy (non-hydrogen) atoms. The van der Waals surface area contributed by atoms with E-state index in [1.807, 2.05) is 4.90 Å². The van der Waals surface area contributed by atoms with Crippen molar-refractivity contribution in [1.29, 1.82) is 0 Å².